The minimum atomic E-state index is 0.748. The van der Waals surface area contributed by atoms with Gasteiger partial charge in [0.2, 0.25) is 0 Å². The van der Waals surface area contributed by atoms with E-state index in [1.54, 1.807) is 7.11 Å². The molecule has 3 heteroatoms. The molecule has 0 spiro atoms. The maximum absolute atomic E-state index is 6.10. The molecular weight excluding hydrogens is 246 g/mol. The molecule has 0 saturated carbocycles. The molecule has 0 amide bonds. The minimum Gasteiger partial charge on any atom is -0.496 e. The number of halogens is 1. The van der Waals surface area contributed by atoms with Crippen molar-refractivity contribution in [3.05, 3.63) is 64.7 Å². The van der Waals surface area contributed by atoms with Crippen LogP contribution in [0.3, 0.4) is 0 Å². The lowest BCUT2D eigenvalue weighted by Crippen LogP contribution is -2.13. The predicted molar refractivity (Wildman–Crippen MR) is 75.0 cm³/mol. The summed E-state index contributed by atoms with van der Waals surface area (Å²) in [6.07, 6.45) is 0. The number of para-hydroxylation sites is 1. The molecule has 2 rings (SSSR count). The number of hydrogen-bond donors (Lipinski definition) is 1. The van der Waals surface area contributed by atoms with Gasteiger partial charge in [0.05, 0.1) is 7.11 Å². The van der Waals surface area contributed by atoms with Gasteiger partial charge in [-0.1, -0.05) is 48.0 Å². The van der Waals surface area contributed by atoms with E-state index in [-0.39, 0.29) is 0 Å². The highest BCUT2D eigenvalue weighted by molar-refractivity contribution is 6.31. The van der Waals surface area contributed by atoms with Crippen LogP contribution in [0.2, 0.25) is 5.02 Å². The molecule has 0 saturated heterocycles. The maximum atomic E-state index is 6.10. The molecule has 0 heterocycles. The molecule has 0 aliphatic carbocycles. The average molecular weight is 262 g/mol. The fraction of sp³-hybridized carbons (Fsp3) is 0.200. The van der Waals surface area contributed by atoms with Crippen molar-refractivity contribution in [3.63, 3.8) is 0 Å². The normalized spacial score (nSPS) is 10.3. The monoisotopic (exact) mass is 261 g/mol. The molecule has 0 aliphatic rings. The van der Waals surface area contributed by atoms with Crippen molar-refractivity contribution < 1.29 is 4.74 Å². The van der Waals surface area contributed by atoms with E-state index in [4.69, 9.17) is 16.3 Å². The fourth-order valence-electron chi connectivity index (χ4n) is 1.82. The van der Waals surface area contributed by atoms with Crippen molar-refractivity contribution in [3.8, 4) is 5.75 Å². The summed E-state index contributed by atoms with van der Waals surface area (Å²) in [6.45, 7) is 1.51. The summed E-state index contributed by atoms with van der Waals surface area (Å²) < 4.78 is 5.31. The first-order valence-electron chi connectivity index (χ1n) is 5.87. The topological polar surface area (TPSA) is 21.3 Å². The predicted octanol–water partition coefficient (Wildman–Crippen LogP) is 3.64. The molecule has 2 aromatic rings. The zero-order valence-corrected chi connectivity index (χ0v) is 11.1. The number of hydrogen-bond acceptors (Lipinski definition) is 2. The Bertz CT molecular complexity index is 513. The molecule has 2 nitrogen and oxygen atoms in total. The molecule has 18 heavy (non-hydrogen) atoms. The van der Waals surface area contributed by atoms with Gasteiger partial charge in [-0.05, 0) is 17.7 Å². The molecule has 0 aliphatic heterocycles. The number of benzene rings is 2. The lowest BCUT2D eigenvalue weighted by Gasteiger charge is -2.10. The van der Waals surface area contributed by atoms with Crippen LogP contribution in [0.1, 0.15) is 11.1 Å². The number of nitrogens with one attached hydrogen (secondary N) is 1. The first kappa shape index (κ1) is 12.9. The Hall–Kier alpha value is -1.51. The van der Waals surface area contributed by atoms with Crippen LogP contribution >= 0.6 is 11.6 Å². The van der Waals surface area contributed by atoms with Crippen molar-refractivity contribution in [2.45, 2.75) is 13.1 Å². The zero-order valence-electron chi connectivity index (χ0n) is 10.3. The number of rotatable bonds is 5. The van der Waals surface area contributed by atoms with E-state index in [0.29, 0.717) is 0 Å². The summed E-state index contributed by atoms with van der Waals surface area (Å²) >= 11 is 6.10. The third-order valence-electron chi connectivity index (χ3n) is 2.78. The van der Waals surface area contributed by atoms with Crippen LogP contribution in [0.15, 0.2) is 48.5 Å². The molecule has 0 radical (unpaired) electrons. The fourth-order valence-corrected chi connectivity index (χ4v) is 2.03. The third-order valence-corrected chi connectivity index (χ3v) is 3.15. The second-order valence-corrected chi connectivity index (χ2v) is 4.41. The Labute approximate surface area is 113 Å². The second kappa shape index (κ2) is 6.43. The Morgan fingerprint density at radius 2 is 1.56 bits per heavy atom. The van der Waals surface area contributed by atoms with E-state index in [1.165, 1.54) is 0 Å². The van der Waals surface area contributed by atoms with Gasteiger partial charge in [-0.3, -0.25) is 0 Å². The van der Waals surface area contributed by atoms with E-state index >= 15 is 0 Å². The first-order chi connectivity index (χ1) is 8.81. The van der Waals surface area contributed by atoms with Crippen molar-refractivity contribution in [2.24, 2.45) is 0 Å². The van der Waals surface area contributed by atoms with E-state index in [2.05, 4.69) is 11.4 Å². The highest BCUT2D eigenvalue weighted by atomic mass is 35.5. The van der Waals surface area contributed by atoms with Crippen LogP contribution in [0, 0.1) is 0 Å². The van der Waals surface area contributed by atoms with Gasteiger partial charge < -0.3 is 10.1 Å². The highest BCUT2D eigenvalue weighted by Gasteiger charge is 2.02. The number of methoxy groups -OCH3 is 1. The van der Waals surface area contributed by atoms with E-state index in [9.17, 15) is 0 Å². The summed E-state index contributed by atoms with van der Waals surface area (Å²) in [5.74, 6) is 0.907. The SMILES string of the molecule is COc1ccccc1CNCc1ccccc1Cl. The van der Waals surface area contributed by atoms with Crippen molar-refractivity contribution in [1.29, 1.82) is 0 Å². The number of ether oxygens (including phenoxy) is 1. The summed E-state index contributed by atoms with van der Waals surface area (Å²) in [6, 6.07) is 15.9. The van der Waals surface area contributed by atoms with E-state index in [1.807, 2.05) is 42.5 Å². The van der Waals surface area contributed by atoms with Gasteiger partial charge in [0.1, 0.15) is 5.75 Å². The van der Waals surface area contributed by atoms with Crippen molar-refractivity contribution in [2.75, 3.05) is 7.11 Å². The minimum absolute atomic E-state index is 0.748. The molecule has 0 bridgehead atoms. The molecule has 1 N–H and O–H groups in total. The van der Waals surface area contributed by atoms with E-state index in [0.717, 1.165) is 35.0 Å². The van der Waals surface area contributed by atoms with E-state index < -0.39 is 0 Å². The molecule has 94 valence electrons. The largest absolute Gasteiger partial charge is 0.496 e. The van der Waals surface area contributed by atoms with Gasteiger partial charge in [-0.15, -0.1) is 0 Å². The quantitative estimate of drug-likeness (QED) is 0.887. The Morgan fingerprint density at radius 3 is 2.28 bits per heavy atom. The maximum Gasteiger partial charge on any atom is 0.123 e. The van der Waals surface area contributed by atoms with Gasteiger partial charge in [-0.2, -0.15) is 0 Å². The summed E-state index contributed by atoms with van der Waals surface area (Å²) in [5, 5.41) is 4.17. The first-order valence-corrected chi connectivity index (χ1v) is 6.25. The van der Waals surface area contributed by atoms with Gasteiger partial charge in [0, 0.05) is 23.7 Å². The van der Waals surface area contributed by atoms with Gasteiger partial charge in [0.25, 0.3) is 0 Å². The molecule has 2 aromatic carbocycles. The molecular formula is C15H16ClNO. The molecule has 0 atom stereocenters. The zero-order chi connectivity index (χ0) is 12.8. The van der Waals surface area contributed by atoms with Crippen LogP contribution < -0.4 is 10.1 Å². The second-order valence-electron chi connectivity index (χ2n) is 4.01. The summed E-state index contributed by atoms with van der Waals surface area (Å²) in [7, 11) is 1.69. The lowest BCUT2D eigenvalue weighted by molar-refractivity contribution is 0.407. The molecule has 0 fully saturated rings. The average Bonchev–Trinajstić information content (AvgIpc) is 2.41. The van der Waals surface area contributed by atoms with Crippen LogP contribution in [0.4, 0.5) is 0 Å². The summed E-state index contributed by atoms with van der Waals surface area (Å²) in [4.78, 5) is 0. The Balaban J connectivity index is 1.95. The van der Waals surface area contributed by atoms with Crippen LogP contribution in [-0.4, -0.2) is 7.11 Å². The van der Waals surface area contributed by atoms with Gasteiger partial charge in [-0.25, -0.2) is 0 Å². The highest BCUT2D eigenvalue weighted by Crippen LogP contribution is 2.18. The lowest BCUT2D eigenvalue weighted by atomic mass is 10.2. The Morgan fingerprint density at radius 1 is 0.944 bits per heavy atom. The van der Waals surface area contributed by atoms with Crippen molar-refractivity contribution in [1.82, 2.24) is 5.32 Å². The van der Waals surface area contributed by atoms with Crippen LogP contribution in [0.25, 0.3) is 0 Å². The van der Waals surface area contributed by atoms with Gasteiger partial charge in [0.15, 0.2) is 0 Å². The van der Waals surface area contributed by atoms with Crippen LogP contribution in [-0.2, 0) is 13.1 Å². The summed E-state index contributed by atoms with van der Waals surface area (Å²) in [5.41, 5.74) is 2.25. The smallest absolute Gasteiger partial charge is 0.123 e. The van der Waals surface area contributed by atoms with Gasteiger partial charge >= 0.3 is 0 Å². The Kier molecular flexibility index (Phi) is 4.62. The molecule has 0 aromatic heterocycles. The standard InChI is InChI=1S/C15H16ClNO/c1-18-15-9-5-3-7-13(15)11-17-10-12-6-2-4-8-14(12)16/h2-9,17H,10-11H2,1H3. The molecule has 0 unspecified atom stereocenters. The van der Waals surface area contributed by atoms with Crippen molar-refractivity contribution >= 4 is 11.6 Å². The third kappa shape index (κ3) is 3.25. The van der Waals surface area contributed by atoms with Crippen LogP contribution in [0.5, 0.6) is 5.75 Å².